The summed E-state index contributed by atoms with van der Waals surface area (Å²) in [5.74, 6) is 4.24. The van der Waals surface area contributed by atoms with E-state index in [2.05, 4.69) is 10.2 Å². The lowest BCUT2D eigenvalue weighted by molar-refractivity contribution is 0.292. The number of rotatable bonds is 9. The molecule has 2 aromatic heterocycles. The molecule has 0 unspecified atom stereocenters. The van der Waals surface area contributed by atoms with Crippen LogP contribution >= 0.6 is 11.8 Å². The highest BCUT2D eigenvalue weighted by molar-refractivity contribution is 7.98. The predicted octanol–water partition coefficient (Wildman–Crippen LogP) is 6.11. The van der Waals surface area contributed by atoms with Crippen molar-refractivity contribution in [2.24, 2.45) is 0 Å². The average Bonchev–Trinajstić information content (AvgIpc) is 3.50. The van der Waals surface area contributed by atoms with Crippen LogP contribution < -0.4 is 9.47 Å². The molecule has 2 heterocycles. The molecule has 5 aromatic rings. The van der Waals surface area contributed by atoms with Gasteiger partial charge in [-0.2, -0.15) is 0 Å². The molecule has 8 heteroatoms. The molecule has 0 aliphatic carbocycles. The molecule has 3 aromatic carbocycles. The molecule has 0 fully saturated rings. The summed E-state index contributed by atoms with van der Waals surface area (Å²) in [5, 5.41) is 9.64. The van der Waals surface area contributed by atoms with Crippen LogP contribution in [0.3, 0.4) is 0 Å². The summed E-state index contributed by atoms with van der Waals surface area (Å²) in [6, 6.07) is 27.4. The lowest BCUT2D eigenvalue weighted by atomic mass is 10.2. The van der Waals surface area contributed by atoms with Crippen LogP contribution in [-0.4, -0.2) is 26.9 Å². The smallest absolute Gasteiger partial charge is 0.226 e. The van der Waals surface area contributed by atoms with Gasteiger partial charge in [0, 0.05) is 17.0 Å². The number of hydrogen-bond acceptors (Lipinski definition) is 7. The van der Waals surface area contributed by atoms with Crippen molar-refractivity contribution in [3.63, 3.8) is 0 Å². The molecular weight excluding hydrogens is 460 g/mol. The monoisotopic (exact) mass is 484 g/mol. The molecule has 0 aliphatic rings. The average molecular weight is 485 g/mol. The van der Waals surface area contributed by atoms with E-state index < -0.39 is 0 Å². The standard InChI is InChI=1S/C27H24N4O3S/c1-19-24(28-26(34-19)20-9-5-3-6-10-20)18-35-27-30-29-25(31(27)21-11-7-4-8-12-21)17-33-23-15-13-22(32-2)14-16-23/h3-16H,17-18H2,1-2H3. The quantitative estimate of drug-likeness (QED) is 0.234. The fourth-order valence-electron chi connectivity index (χ4n) is 3.54. The third-order valence-corrected chi connectivity index (χ3v) is 6.33. The number of ether oxygens (including phenoxy) is 2. The minimum atomic E-state index is 0.274. The van der Waals surface area contributed by atoms with Crippen LogP contribution in [0.2, 0.25) is 0 Å². The van der Waals surface area contributed by atoms with E-state index >= 15 is 0 Å². The van der Waals surface area contributed by atoms with E-state index in [1.54, 1.807) is 18.9 Å². The van der Waals surface area contributed by atoms with E-state index in [-0.39, 0.29) is 6.61 Å². The number of benzene rings is 3. The van der Waals surface area contributed by atoms with Gasteiger partial charge in [-0.05, 0) is 55.5 Å². The van der Waals surface area contributed by atoms with Crippen LogP contribution in [0.4, 0.5) is 0 Å². The number of hydrogen-bond donors (Lipinski definition) is 0. The van der Waals surface area contributed by atoms with Crippen molar-refractivity contribution in [1.82, 2.24) is 19.7 Å². The van der Waals surface area contributed by atoms with Gasteiger partial charge in [-0.1, -0.05) is 48.2 Å². The Bertz CT molecular complexity index is 1380. The molecule has 0 aliphatic heterocycles. The second kappa shape index (κ2) is 10.5. The Morgan fingerprint density at radius 1 is 0.857 bits per heavy atom. The summed E-state index contributed by atoms with van der Waals surface area (Å²) >= 11 is 1.56. The fraction of sp³-hybridized carbons (Fsp3) is 0.148. The van der Waals surface area contributed by atoms with Gasteiger partial charge in [0.05, 0.1) is 12.8 Å². The SMILES string of the molecule is COc1ccc(OCc2nnc(SCc3nc(-c4ccccc4)oc3C)n2-c2ccccc2)cc1. The highest BCUT2D eigenvalue weighted by Crippen LogP contribution is 2.29. The second-order valence-corrected chi connectivity index (χ2v) is 8.65. The van der Waals surface area contributed by atoms with Gasteiger partial charge >= 0.3 is 0 Å². The molecule has 0 bridgehead atoms. The number of nitrogens with zero attached hydrogens (tertiary/aromatic N) is 4. The number of methoxy groups -OCH3 is 1. The van der Waals surface area contributed by atoms with E-state index in [0.717, 1.165) is 39.4 Å². The minimum Gasteiger partial charge on any atom is -0.497 e. The molecule has 0 spiro atoms. The molecule has 176 valence electrons. The summed E-state index contributed by atoms with van der Waals surface area (Å²) in [6.45, 7) is 2.21. The van der Waals surface area contributed by atoms with Gasteiger partial charge in [-0.3, -0.25) is 4.57 Å². The number of aryl methyl sites for hydroxylation is 1. The maximum absolute atomic E-state index is 5.99. The van der Waals surface area contributed by atoms with Gasteiger partial charge in [-0.15, -0.1) is 10.2 Å². The largest absolute Gasteiger partial charge is 0.497 e. The Morgan fingerprint density at radius 3 is 2.26 bits per heavy atom. The summed E-state index contributed by atoms with van der Waals surface area (Å²) in [5.41, 5.74) is 2.81. The molecule has 5 rings (SSSR count). The summed E-state index contributed by atoms with van der Waals surface area (Å²) in [6.07, 6.45) is 0. The third kappa shape index (κ3) is 5.22. The molecule has 0 saturated carbocycles. The Morgan fingerprint density at radius 2 is 1.54 bits per heavy atom. The fourth-order valence-corrected chi connectivity index (χ4v) is 4.51. The van der Waals surface area contributed by atoms with Gasteiger partial charge in [0.2, 0.25) is 5.89 Å². The van der Waals surface area contributed by atoms with Crippen LogP contribution in [0.25, 0.3) is 17.1 Å². The van der Waals surface area contributed by atoms with Crippen LogP contribution in [0.1, 0.15) is 17.3 Å². The van der Waals surface area contributed by atoms with Gasteiger partial charge in [-0.25, -0.2) is 4.98 Å². The maximum atomic E-state index is 5.99. The molecule has 0 N–H and O–H groups in total. The number of oxazole rings is 1. The van der Waals surface area contributed by atoms with Gasteiger partial charge in [0.15, 0.2) is 11.0 Å². The van der Waals surface area contributed by atoms with E-state index in [1.807, 2.05) is 96.4 Å². The van der Waals surface area contributed by atoms with Crippen LogP contribution in [0.5, 0.6) is 11.5 Å². The van der Waals surface area contributed by atoms with Crippen molar-refractivity contribution < 1.29 is 13.9 Å². The lowest BCUT2D eigenvalue weighted by Gasteiger charge is -2.11. The molecule has 0 saturated heterocycles. The van der Waals surface area contributed by atoms with Crippen LogP contribution in [0.15, 0.2) is 94.5 Å². The first-order valence-corrected chi connectivity index (χ1v) is 12.1. The van der Waals surface area contributed by atoms with Gasteiger partial charge in [0.25, 0.3) is 0 Å². The minimum absolute atomic E-state index is 0.274. The zero-order valence-corrected chi connectivity index (χ0v) is 20.2. The molecule has 0 radical (unpaired) electrons. The first-order chi connectivity index (χ1) is 17.2. The molecule has 0 amide bonds. The second-order valence-electron chi connectivity index (χ2n) is 7.71. The summed E-state index contributed by atoms with van der Waals surface area (Å²) in [4.78, 5) is 4.71. The van der Waals surface area contributed by atoms with Crippen molar-refractivity contribution in [3.8, 4) is 28.6 Å². The topological polar surface area (TPSA) is 75.2 Å². The predicted molar refractivity (Wildman–Crippen MR) is 135 cm³/mol. The Labute approximate surface area is 207 Å². The van der Waals surface area contributed by atoms with Crippen molar-refractivity contribution >= 4 is 11.8 Å². The zero-order chi connectivity index (χ0) is 24.0. The van der Waals surface area contributed by atoms with Crippen molar-refractivity contribution in [3.05, 3.63) is 102 Å². The Balaban J connectivity index is 1.36. The normalized spacial score (nSPS) is 10.9. The molecule has 35 heavy (non-hydrogen) atoms. The molecule has 7 nitrogen and oxygen atoms in total. The van der Waals surface area contributed by atoms with Gasteiger partial charge in [0.1, 0.15) is 23.9 Å². The third-order valence-electron chi connectivity index (χ3n) is 5.39. The van der Waals surface area contributed by atoms with E-state index in [9.17, 15) is 0 Å². The molecule has 0 atom stereocenters. The van der Waals surface area contributed by atoms with Crippen molar-refractivity contribution in [2.75, 3.05) is 7.11 Å². The summed E-state index contributed by atoms with van der Waals surface area (Å²) < 4.78 is 19.1. The number of para-hydroxylation sites is 1. The van der Waals surface area contributed by atoms with Crippen LogP contribution in [-0.2, 0) is 12.4 Å². The highest BCUT2D eigenvalue weighted by atomic mass is 32.2. The maximum Gasteiger partial charge on any atom is 0.226 e. The lowest BCUT2D eigenvalue weighted by Crippen LogP contribution is -2.06. The first-order valence-electron chi connectivity index (χ1n) is 11.1. The number of aromatic nitrogens is 4. The first kappa shape index (κ1) is 22.7. The summed E-state index contributed by atoms with van der Waals surface area (Å²) in [7, 11) is 1.64. The molecular formula is C27H24N4O3S. The Kier molecular flexibility index (Phi) is 6.81. The van der Waals surface area contributed by atoms with Gasteiger partial charge < -0.3 is 13.9 Å². The van der Waals surface area contributed by atoms with E-state index in [0.29, 0.717) is 17.5 Å². The highest BCUT2D eigenvalue weighted by Gasteiger charge is 2.18. The van der Waals surface area contributed by atoms with Crippen LogP contribution in [0, 0.1) is 6.92 Å². The Hall–Kier alpha value is -4.04. The van der Waals surface area contributed by atoms with E-state index in [4.69, 9.17) is 18.9 Å². The van der Waals surface area contributed by atoms with Crippen molar-refractivity contribution in [1.29, 1.82) is 0 Å². The zero-order valence-electron chi connectivity index (χ0n) is 19.4. The van der Waals surface area contributed by atoms with E-state index in [1.165, 1.54) is 0 Å². The van der Waals surface area contributed by atoms with Crippen molar-refractivity contribution in [2.45, 2.75) is 24.4 Å². The number of thioether (sulfide) groups is 1.